The van der Waals surface area contributed by atoms with Crippen molar-refractivity contribution in [3.63, 3.8) is 0 Å². The number of anilines is 5. The quantitative estimate of drug-likeness (QED) is 0.184. The van der Waals surface area contributed by atoms with E-state index in [0.717, 1.165) is 49.9 Å². The molecule has 1 aliphatic carbocycles. The number of hydrogen-bond donors (Lipinski definition) is 1. The minimum atomic E-state index is -0.250. The fraction of sp³-hybridized carbons (Fsp3) is 0.192. The van der Waals surface area contributed by atoms with Gasteiger partial charge in [-0.25, -0.2) is 0 Å². The van der Waals surface area contributed by atoms with Gasteiger partial charge in [0.2, 0.25) is 0 Å². The molecule has 3 heterocycles. The Labute approximate surface area is 330 Å². The Hall–Kier alpha value is -6.00. The molecule has 0 saturated heterocycles. The fourth-order valence-electron chi connectivity index (χ4n) is 10.2. The lowest BCUT2D eigenvalue weighted by Crippen LogP contribution is -2.45. The van der Waals surface area contributed by atoms with Crippen LogP contribution in [0.25, 0.3) is 44.2 Å². The third-order valence-electron chi connectivity index (χ3n) is 13.0. The molecule has 0 unspecified atom stereocenters. The van der Waals surface area contributed by atoms with E-state index in [9.17, 15) is 0 Å². The van der Waals surface area contributed by atoms with Gasteiger partial charge in [-0.2, -0.15) is 0 Å². The van der Waals surface area contributed by atoms with E-state index in [1.807, 2.05) is 0 Å². The summed E-state index contributed by atoms with van der Waals surface area (Å²) in [5.74, 6) is 0. The lowest BCUT2D eigenvalue weighted by atomic mass is 9.55. The summed E-state index contributed by atoms with van der Waals surface area (Å²) in [6.45, 7) is 16.3. The van der Waals surface area contributed by atoms with Gasteiger partial charge >= 0.3 is 0 Å². The number of furan rings is 1. The van der Waals surface area contributed by atoms with Crippen molar-refractivity contribution < 1.29 is 4.42 Å². The predicted octanol–water partition coefficient (Wildman–Crippen LogP) is 12.7. The van der Waals surface area contributed by atoms with E-state index >= 15 is 0 Å². The van der Waals surface area contributed by atoms with Crippen LogP contribution in [0.1, 0.15) is 76.3 Å². The van der Waals surface area contributed by atoms with Crippen molar-refractivity contribution in [1.29, 1.82) is 0 Å². The van der Waals surface area contributed by atoms with Crippen molar-refractivity contribution >= 4 is 68.6 Å². The zero-order valence-electron chi connectivity index (χ0n) is 33.1. The standard InChI is InChI=1S/C52H44BN2O/c1-50(2,3)30-23-25-31(26-24-30)54-47-35(28-27-34-32-15-8-10-17-37(32)52(6,7)45(34)47)44-46-42(29-36-33-16-9-13-22-43(33)56-49(36)44)55-41-21-12-11-18-38(41)51(4,5)39-19-14-20-40(53-46)48(39)55/h8-29,54H,1-7H3. The van der Waals surface area contributed by atoms with Gasteiger partial charge in [-0.05, 0) is 80.2 Å². The van der Waals surface area contributed by atoms with Gasteiger partial charge in [0, 0.05) is 49.8 Å². The van der Waals surface area contributed by atoms with Crippen molar-refractivity contribution in [2.45, 2.75) is 64.7 Å². The largest absolute Gasteiger partial charge is 0.455 e. The molecule has 0 saturated carbocycles. The molecule has 56 heavy (non-hydrogen) atoms. The molecule has 8 aromatic rings. The second kappa shape index (κ2) is 11.3. The Bertz CT molecular complexity index is 2960. The number of fused-ring (bicyclic) bond motifs is 10. The summed E-state index contributed by atoms with van der Waals surface area (Å²) < 4.78 is 7.03. The summed E-state index contributed by atoms with van der Waals surface area (Å²) >= 11 is 0. The molecule has 1 aromatic heterocycles. The van der Waals surface area contributed by atoms with Crippen LogP contribution >= 0.6 is 0 Å². The van der Waals surface area contributed by atoms with E-state index in [1.54, 1.807) is 0 Å². The van der Waals surface area contributed by atoms with Crippen molar-refractivity contribution in [2.75, 3.05) is 10.2 Å². The van der Waals surface area contributed by atoms with E-state index in [2.05, 4.69) is 199 Å². The zero-order chi connectivity index (χ0) is 38.3. The number of hydrogen-bond acceptors (Lipinski definition) is 3. The second-order valence-electron chi connectivity index (χ2n) is 18.1. The Morgan fingerprint density at radius 1 is 0.607 bits per heavy atom. The van der Waals surface area contributed by atoms with Crippen LogP contribution in [0.15, 0.2) is 138 Å². The van der Waals surface area contributed by atoms with Gasteiger partial charge in [-0.3, -0.25) is 0 Å². The number of para-hydroxylation sites is 3. The van der Waals surface area contributed by atoms with E-state index in [1.165, 1.54) is 61.5 Å². The maximum absolute atomic E-state index is 7.03. The summed E-state index contributed by atoms with van der Waals surface area (Å²) in [4.78, 5) is 2.54. The Balaban J connectivity index is 1.25. The minimum Gasteiger partial charge on any atom is -0.455 e. The monoisotopic (exact) mass is 723 g/mol. The molecule has 3 nitrogen and oxygen atoms in total. The lowest BCUT2D eigenvalue weighted by molar-refractivity contribution is 0.590. The summed E-state index contributed by atoms with van der Waals surface area (Å²) in [6, 6.07) is 49.3. The van der Waals surface area contributed by atoms with Crippen LogP contribution < -0.4 is 21.1 Å². The maximum Gasteiger partial charge on any atom is 0.198 e. The third kappa shape index (κ3) is 4.47. The molecular formula is C52H44BN2O. The molecule has 3 aliphatic rings. The molecule has 4 heteroatoms. The summed E-state index contributed by atoms with van der Waals surface area (Å²) in [6.07, 6.45) is 0. The second-order valence-corrected chi connectivity index (χ2v) is 18.1. The van der Waals surface area contributed by atoms with Gasteiger partial charge in [0.15, 0.2) is 7.28 Å². The van der Waals surface area contributed by atoms with Crippen LogP contribution in [0.5, 0.6) is 0 Å². The molecule has 0 atom stereocenters. The highest BCUT2D eigenvalue weighted by atomic mass is 16.3. The highest BCUT2D eigenvalue weighted by Crippen LogP contribution is 2.57. The molecule has 0 amide bonds. The number of rotatable bonds is 3. The maximum atomic E-state index is 7.03. The SMILES string of the molecule is CC(C)(C)c1ccc(Nc2c(-c3c4c(cc5c3oc3ccccc35)N3c5ccccc5C(C)(C)c5cccc(c53)[B]4)ccc3c2C(C)(C)c2ccccc2-3)cc1. The first-order chi connectivity index (χ1) is 26.9. The summed E-state index contributed by atoms with van der Waals surface area (Å²) in [5.41, 5.74) is 21.2. The summed E-state index contributed by atoms with van der Waals surface area (Å²) in [5, 5.41) is 6.31. The normalized spacial score (nSPS) is 15.4. The number of benzene rings is 7. The minimum absolute atomic E-state index is 0.0611. The van der Waals surface area contributed by atoms with E-state index < -0.39 is 0 Å². The zero-order valence-corrected chi connectivity index (χ0v) is 33.1. The average molecular weight is 724 g/mol. The third-order valence-corrected chi connectivity index (χ3v) is 13.0. The average Bonchev–Trinajstić information content (AvgIpc) is 3.67. The first-order valence-corrected chi connectivity index (χ1v) is 19.9. The van der Waals surface area contributed by atoms with Crippen LogP contribution in [0.3, 0.4) is 0 Å². The Morgan fingerprint density at radius 3 is 2.11 bits per heavy atom. The van der Waals surface area contributed by atoms with Crippen LogP contribution in [-0.2, 0) is 16.2 Å². The topological polar surface area (TPSA) is 28.4 Å². The van der Waals surface area contributed by atoms with Gasteiger partial charge in [0.25, 0.3) is 0 Å². The highest BCUT2D eigenvalue weighted by molar-refractivity contribution is 6.74. The van der Waals surface area contributed by atoms with E-state index in [0.29, 0.717) is 0 Å². The van der Waals surface area contributed by atoms with Crippen molar-refractivity contribution in [2.24, 2.45) is 0 Å². The highest BCUT2D eigenvalue weighted by Gasteiger charge is 2.43. The van der Waals surface area contributed by atoms with Crippen LogP contribution in [0.2, 0.25) is 0 Å². The van der Waals surface area contributed by atoms with Gasteiger partial charge in [0.05, 0.1) is 11.4 Å². The number of nitrogens with zero attached hydrogens (tertiary/aromatic N) is 1. The molecule has 2 aliphatic heterocycles. The van der Waals surface area contributed by atoms with Crippen molar-refractivity contribution in [1.82, 2.24) is 0 Å². The molecule has 271 valence electrons. The van der Waals surface area contributed by atoms with Crippen molar-refractivity contribution in [3.05, 3.63) is 161 Å². The smallest absolute Gasteiger partial charge is 0.198 e. The fourth-order valence-corrected chi connectivity index (χ4v) is 10.2. The first-order valence-electron chi connectivity index (χ1n) is 19.9. The molecule has 0 fully saturated rings. The van der Waals surface area contributed by atoms with Gasteiger partial charge in [-0.1, -0.05) is 157 Å². The van der Waals surface area contributed by atoms with E-state index in [-0.39, 0.29) is 16.2 Å². The molecule has 0 spiro atoms. The molecule has 1 radical (unpaired) electrons. The molecule has 0 bridgehead atoms. The summed E-state index contributed by atoms with van der Waals surface area (Å²) in [7, 11) is 2.42. The van der Waals surface area contributed by atoms with Crippen molar-refractivity contribution in [3.8, 4) is 22.3 Å². The van der Waals surface area contributed by atoms with E-state index in [4.69, 9.17) is 4.42 Å². The van der Waals surface area contributed by atoms with Crippen LogP contribution in [-0.4, -0.2) is 7.28 Å². The van der Waals surface area contributed by atoms with Crippen LogP contribution in [0, 0.1) is 0 Å². The predicted molar refractivity (Wildman–Crippen MR) is 237 cm³/mol. The first kappa shape index (κ1) is 33.4. The lowest BCUT2D eigenvalue weighted by Gasteiger charge is -2.46. The van der Waals surface area contributed by atoms with Gasteiger partial charge in [0.1, 0.15) is 11.2 Å². The molecule has 1 N–H and O–H groups in total. The Kier molecular flexibility index (Phi) is 6.73. The number of nitrogens with one attached hydrogen (secondary N) is 1. The molecule has 7 aromatic carbocycles. The molecule has 11 rings (SSSR count). The molecular weight excluding hydrogens is 679 g/mol. The Morgan fingerprint density at radius 2 is 1.30 bits per heavy atom. The van der Waals surface area contributed by atoms with Crippen LogP contribution in [0.4, 0.5) is 28.4 Å². The van der Waals surface area contributed by atoms with Gasteiger partial charge < -0.3 is 14.6 Å². The van der Waals surface area contributed by atoms with Gasteiger partial charge in [-0.15, -0.1) is 0 Å².